The van der Waals surface area contributed by atoms with Crippen molar-refractivity contribution in [2.24, 2.45) is 0 Å². The summed E-state index contributed by atoms with van der Waals surface area (Å²) in [6.07, 6.45) is 3.36. The lowest BCUT2D eigenvalue weighted by Gasteiger charge is -2.18. The Kier molecular flexibility index (Phi) is 6.21. The van der Waals surface area contributed by atoms with E-state index in [1.165, 1.54) is 32.7 Å². The summed E-state index contributed by atoms with van der Waals surface area (Å²) >= 11 is 0. The number of benzene rings is 5. The molecule has 0 aliphatic carbocycles. The fourth-order valence-electron chi connectivity index (χ4n) is 5.74. The van der Waals surface area contributed by atoms with Gasteiger partial charge in [-0.15, -0.1) is 4.98 Å². The number of nitriles is 1. The van der Waals surface area contributed by atoms with Gasteiger partial charge in [-0.05, 0) is 90.3 Å². The molecule has 0 saturated carbocycles. The highest BCUT2D eigenvalue weighted by Gasteiger charge is 2.16. The van der Waals surface area contributed by atoms with E-state index in [0.717, 1.165) is 33.4 Å². The molecule has 0 aliphatic rings. The van der Waals surface area contributed by atoms with Crippen molar-refractivity contribution in [3.8, 4) is 50.6 Å². The molecule has 0 unspecified atom stereocenters. The Morgan fingerprint density at radius 3 is 1.38 bits per heavy atom. The smallest absolute Gasteiger partial charge is 0.270 e. The normalized spacial score (nSPS) is 10.8. The SMILES string of the molecule is [C-]#[N+]c1cc(-c2ccc(-c3c4ccccc4c(-c4ccc(-c5ccnc(C#N)c5)cc4)c4ccccc34)cc2)ccn1. The van der Waals surface area contributed by atoms with Crippen LogP contribution in [-0.4, -0.2) is 9.97 Å². The Hall–Kier alpha value is -6.10. The minimum absolute atomic E-state index is 0.393. The maximum Gasteiger partial charge on any atom is 0.270 e. The van der Waals surface area contributed by atoms with Crippen molar-refractivity contribution in [2.75, 3.05) is 0 Å². The van der Waals surface area contributed by atoms with Crippen LogP contribution in [0.1, 0.15) is 5.69 Å². The number of rotatable bonds is 4. The first-order valence-corrected chi connectivity index (χ1v) is 13.6. The Balaban J connectivity index is 1.38. The summed E-state index contributed by atoms with van der Waals surface area (Å²) in [6, 6.07) is 43.9. The van der Waals surface area contributed by atoms with Gasteiger partial charge in [0.1, 0.15) is 18.0 Å². The van der Waals surface area contributed by atoms with E-state index in [0.29, 0.717) is 11.5 Å². The van der Waals surface area contributed by atoms with E-state index in [9.17, 15) is 5.26 Å². The Bertz CT molecular complexity index is 1980. The zero-order valence-corrected chi connectivity index (χ0v) is 22.5. The van der Waals surface area contributed by atoms with E-state index >= 15 is 0 Å². The van der Waals surface area contributed by atoms with Crippen molar-refractivity contribution >= 4 is 27.4 Å². The lowest BCUT2D eigenvalue weighted by molar-refractivity contribution is 1.26. The molecule has 2 aromatic heterocycles. The monoisotopic (exact) mass is 534 g/mol. The third-order valence-corrected chi connectivity index (χ3v) is 7.68. The highest BCUT2D eigenvalue weighted by molar-refractivity contribution is 6.21. The molecule has 0 radical (unpaired) electrons. The number of fused-ring (bicyclic) bond motifs is 2. The molecule has 0 amide bonds. The molecule has 42 heavy (non-hydrogen) atoms. The summed E-state index contributed by atoms with van der Waals surface area (Å²) in [6.45, 7) is 7.30. The molecular weight excluding hydrogens is 512 g/mol. The second kappa shape index (κ2) is 10.5. The molecule has 4 heteroatoms. The van der Waals surface area contributed by atoms with E-state index in [2.05, 4.69) is 118 Å². The maximum absolute atomic E-state index is 9.27. The predicted octanol–water partition coefficient (Wildman–Crippen LogP) is 9.87. The van der Waals surface area contributed by atoms with Crippen molar-refractivity contribution in [1.82, 2.24) is 9.97 Å². The molecule has 0 aliphatic heterocycles. The Morgan fingerprint density at radius 1 is 0.500 bits per heavy atom. The number of nitrogens with zero attached hydrogens (tertiary/aromatic N) is 4. The van der Waals surface area contributed by atoms with Gasteiger partial charge >= 0.3 is 0 Å². The second-order valence-electron chi connectivity index (χ2n) is 10.1. The number of aromatic nitrogens is 2. The van der Waals surface area contributed by atoms with Gasteiger partial charge in [0.25, 0.3) is 5.82 Å². The summed E-state index contributed by atoms with van der Waals surface area (Å²) in [7, 11) is 0. The first kappa shape index (κ1) is 24.9. The highest BCUT2D eigenvalue weighted by atomic mass is 14.8. The van der Waals surface area contributed by atoms with E-state index in [-0.39, 0.29) is 0 Å². The highest BCUT2D eigenvalue weighted by Crippen LogP contribution is 2.44. The maximum atomic E-state index is 9.27. The van der Waals surface area contributed by atoms with Crippen LogP contribution in [0.4, 0.5) is 5.82 Å². The zero-order valence-electron chi connectivity index (χ0n) is 22.5. The summed E-state index contributed by atoms with van der Waals surface area (Å²) < 4.78 is 0. The van der Waals surface area contributed by atoms with E-state index < -0.39 is 0 Å². The number of hydrogen-bond donors (Lipinski definition) is 0. The van der Waals surface area contributed by atoms with Crippen LogP contribution >= 0.6 is 0 Å². The molecule has 7 aromatic rings. The largest absolute Gasteiger partial charge is 0.361 e. The van der Waals surface area contributed by atoms with Crippen LogP contribution in [-0.2, 0) is 0 Å². The van der Waals surface area contributed by atoms with Gasteiger partial charge in [0, 0.05) is 6.20 Å². The summed E-state index contributed by atoms with van der Waals surface area (Å²) in [5.74, 6) is 0.393. The predicted molar refractivity (Wildman–Crippen MR) is 170 cm³/mol. The van der Waals surface area contributed by atoms with Gasteiger partial charge in [-0.2, -0.15) is 5.26 Å². The van der Waals surface area contributed by atoms with Crippen molar-refractivity contribution in [1.29, 1.82) is 5.26 Å². The van der Waals surface area contributed by atoms with E-state index in [1.807, 2.05) is 24.3 Å². The molecule has 0 bridgehead atoms. The molecule has 7 rings (SSSR count). The third-order valence-electron chi connectivity index (χ3n) is 7.68. The zero-order chi connectivity index (χ0) is 28.5. The fraction of sp³-hybridized carbons (Fsp3) is 0. The fourth-order valence-corrected chi connectivity index (χ4v) is 5.74. The quantitative estimate of drug-likeness (QED) is 0.167. The topological polar surface area (TPSA) is 53.9 Å². The van der Waals surface area contributed by atoms with Gasteiger partial charge in [0.05, 0.1) is 0 Å². The summed E-state index contributed by atoms with van der Waals surface area (Å²) in [4.78, 5) is 11.7. The number of hydrogen-bond acceptors (Lipinski definition) is 3. The van der Waals surface area contributed by atoms with Crippen molar-refractivity contribution in [2.45, 2.75) is 0 Å². The average Bonchev–Trinajstić information content (AvgIpc) is 3.07. The van der Waals surface area contributed by atoms with Crippen LogP contribution in [0.3, 0.4) is 0 Å². The standard InChI is InChI=1S/C38H22N4/c1-40-36-23-30(19-21-42-36)26-12-16-28(17-13-26)38-34-8-4-2-6-32(34)37(33-7-3-5-9-35(33)38)27-14-10-25(11-15-27)29-18-20-41-31(22-29)24-39/h2-23H. The van der Waals surface area contributed by atoms with Crippen LogP contribution in [0, 0.1) is 17.9 Å². The summed E-state index contributed by atoms with van der Waals surface area (Å²) in [5, 5.41) is 14.0. The molecule has 194 valence electrons. The lowest BCUT2D eigenvalue weighted by atomic mass is 9.85. The van der Waals surface area contributed by atoms with Gasteiger partial charge in [-0.25, -0.2) is 4.98 Å². The van der Waals surface area contributed by atoms with Crippen LogP contribution in [0.5, 0.6) is 0 Å². The minimum atomic E-state index is 0.393. The first-order valence-electron chi connectivity index (χ1n) is 13.6. The van der Waals surface area contributed by atoms with Gasteiger partial charge in [-0.3, -0.25) is 0 Å². The molecule has 0 saturated heterocycles. The van der Waals surface area contributed by atoms with Gasteiger partial charge in [0.2, 0.25) is 0 Å². The van der Waals surface area contributed by atoms with Crippen molar-refractivity contribution < 1.29 is 0 Å². The summed E-state index contributed by atoms with van der Waals surface area (Å²) in [5.41, 5.74) is 9.12. The second-order valence-corrected chi connectivity index (χ2v) is 10.1. The molecular formula is C38H22N4. The number of pyridine rings is 2. The molecule has 4 nitrogen and oxygen atoms in total. The van der Waals surface area contributed by atoms with Crippen molar-refractivity contribution in [3.63, 3.8) is 0 Å². The molecule has 2 heterocycles. The molecule has 0 N–H and O–H groups in total. The molecule has 0 spiro atoms. The van der Waals surface area contributed by atoms with Crippen molar-refractivity contribution in [3.05, 3.63) is 151 Å². The van der Waals surface area contributed by atoms with Crippen LogP contribution in [0.15, 0.2) is 134 Å². The Morgan fingerprint density at radius 2 is 0.929 bits per heavy atom. The first-order chi connectivity index (χ1) is 20.7. The van der Waals surface area contributed by atoms with E-state index in [1.54, 1.807) is 12.4 Å². The average molecular weight is 535 g/mol. The van der Waals surface area contributed by atoms with Gasteiger partial charge in [-0.1, -0.05) is 104 Å². The van der Waals surface area contributed by atoms with Crippen LogP contribution in [0.25, 0.3) is 70.9 Å². The minimum Gasteiger partial charge on any atom is -0.361 e. The molecule has 5 aromatic carbocycles. The Labute approximate surface area is 243 Å². The third kappa shape index (κ3) is 4.34. The van der Waals surface area contributed by atoms with Gasteiger partial charge < -0.3 is 4.85 Å². The molecule has 0 atom stereocenters. The molecule has 0 fully saturated rings. The van der Waals surface area contributed by atoms with Crippen LogP contribution < -0.4 is 0 Å². The van der Waals surface area contributed by atoms with Gasteiger partial charge in [0.15, 0.2) is 0 Å². The van der Waals surface area contributed by atoms with Crippen LogP contribution in [0.2, 0.25) is 0 Å². The van der Waals surface area contributed by atoms with E-state index in [4.69, 9.17) is 6.57 Å². The lowest BCUT2D eigenvalue weighted by Crippen LogP contribution is -1.91.